The van der Waals surface area contributed by atoms with E-state index < -0.39 is 0 Å². The Kier molecular flexibility index (Phi) is 6.42. The van der Waals surface area contributed by atoms with Gasteiger partial charge in [-0.3, -0.25) is 14.5 Å². The van der Waals surface area contributed by atoms with Gasteiger partial charge in [0.1, 0.15) is 0 Å². The number of rotatable bonds is 6. The zero-order valence-corrected chi connectivity index (χ0v) is 14.3. The first-order valence-corrected chi connectivity index (χ1v) is 8.46. The Morgan fingerprint density at radius 2 is 1.87 bits per heavy atom. The second-order valence-electron chi connectivity index (χ2n) is 6.07. The Morgan fingerprint density at radius 1 is 1.26 bits per heavy atom. The van der Waals surface area contributed by atoms with E-state index in [-0.39, 0.29) is 17.7 Å². The third-order valence-corrected chi connectivity index (χ3v) is 4.53. The highest BCUT2D eigenvalue weighted by Crippen LogP contribution is 2.19. The van der Waals surface area contributed by atoms with Crippen molar-refractivity contribution in [3.05, 3.63) is 35.4 Å². The molecule has 0 atom stereocenters. The molecule has 5 nitrogen and oxygen atoms in total. The van der Waals surface area contributed by atoms with E-state index in [0.29, 0.717) is 18.0 Å². The number of piperidine rings is 1. The number of hydrogen-bond acceptors (Lipinski definition) is 3. The zero-order chi connectivity index (χ0) is 16.8. The topological polar surface area (TPSA) is 66.6 Å². The van der Waals surface area contributed by atoms with Crippen molar-refractivity contribution in [2.24, 2.45) is 11.7 Å². The maximum atomic E-state index is 12.1. The number of nitrogens with zero attached hydrogens (tertiary/aromatic N) is 2. The minimum Gasteiger partial charge on any atom is -0.369 e. The summed E-state index contributed by atoms with van der Waals surface area (Å²) in [5.41, 5.74) is 7.20. The highest BCUT2D eigenvalue weighted by atomic mass is 35.5. The SMILES string of the molecule is CN(CCCl)C(=O)c1ccc(CN2CCC(C(N)=O)CC2)cc1. The molecule has 0 unspecified atom stereocenters. The molecule has 6 heteroatoms. The van der Waals surface area contributed by atoms with Crippen LogP contribution >= 0.6 is 11.6 Å². The van der Waals surface area contributed by atoms with Gasteiger partial charge in [0.15, 0.2) is 0 Å². The van der Waals surface area contributed by atoms with Crippen molar-refractivity contribution >= 4 is 23.4 Å². The molecule has 23 heavy (non-hydrogen) atoms. The first-order valence-electron chi connectivity index (χ1n) is 7.93. The molecule has 1 aromatic carbocycles. The maximum absolute atomic E-state index is 12.1. The molecular formula is C17H24ClN3O2. The second kappa shape index (κ2) is 8.31. The third-order valence-electron chi connectivity index (χ3n) is 4.36. The fraction of sp³-hybridized carbons (Fsp3) is 0.529. The molecule has 1 aliphatic heterocycles. The predicted molar refractivity (Wildman–Crippen MR) is 91.3 cm³/mol. The molecule has 0 spiro atoms. The van der Waals surface area contributed by atoms with Crippen molar-refractivity contribution in [3.63, 3.8) is 0 Å². The molecule has 0 radical (unpaired) electrons. The Bertz CT molecular complexity index is 539. The summed E-state index contributed by atoms with van der Waals surface area (Å²) in [5.74, 6) is 0.249. The standard InChI is InChI=1S/C17H24ClN3O2/c1-20(11-8-18)17(23)15-4-2-13(3-5-15)12-21-9-6-14(7-10-21)16(19)22/h2-5,14H,6-12H2,1H3,(H2,19,22). The van der Waals surface area contributed by atoms with Gasteiger partial charge in [-0.2, -0.15) is 0 Å². The lowest BCUT2D eigenvalue weighted by molar-refractivity contribution is -0.123. The van der Waals surface area contributed by atoms with Crippen LogP contribution in [0.25, 0.3) is 0 Å². The molecular weight excluding hydrogens is 314 g/mol. The number of likely N-dealkylation sites (tertiary alicyclic amines) is 1. The van der Waals surface area contributed by atoms with Crippen LogP contribution in [0.3, 0.4) is 0 Å². The van der Waals surface area contributed by atoms with Gasteiger partial charge in [-0.05, 0) is 43.6 Å². The van der Waals surface area contributed by atoms with Crippen molar-refractivity contribution in [1.29, 1.82) is 0 Å². The molecule has 1 fully saturated rings. The zero-order valence-electron chi connectivity index (χ0n) is 13.5. The minimum absolute atomic E-state index is 0.0144. The molecule has 1 saturated heterocycles. The minimum atomic E-state index is -0.186. The Morgan fingerprint density at radius 3 is 2.39 bits per heavy atom. The lowest BCUT2D eigenvalue weighted by Gasteiger charge is -2.30. The van der Waals surface area contributed by atoms with Gasteiger partial charge in [-0.15, -0.1) is 11.6 Å². The first kappa shape index (κ1) is 17.8. The van der Waals surface area contributed by atoms with E-state index in [4.69, 9.17) is 17.3 Å². The molecule has 1 aromatic rings. The van der Waals surface area contributed by atoms with Gasteiger partial charge in [0.2, 0.25) is 5.91 Å². The molecule has 2 N–H and O–H groups in total. The molecule has 126 valence electrons. The summed E-state index contributed by atoms with van der Waals surface area (Å²) in [7, 11) is 1.75. The number of carbonyl (C=O) groups excluding carboxylic acids is 2. The summed E-state index contributed by atoms with van der Waals surface area (Å²) >= 11 is 5.66. The number of alkyl halides is 1. The second-order valence-corrected chi connectivity index (χ2v) is 6.44. The Hall–Kier alpha value is -1.59. The largest absolute Gasteiger partial charge is 0.369 e. The van der Waals surface area contributed by atoms with Crippen molar-refractivity contribution in [2.45, 2.75) is 19.4 Å². The number of primary amides is 1. The smallest absolute Gasteiger partial charge is 0.253 e. The number of hydrogen-bond donors (Lipinski definition) is 1. The van der Waals surface area contributed by atoms with Crippen LogP contribution in [0.5, 0.6) is 0 Å². The number of amides is 2. The van der Waals surface area contributed by atoms with Crippen molar-refractivity contribution in [2.75, 3.05) is 32.6 Å². The number of carbonyl (C=O) groups is 2. The summed E-state index contributed by atoms with van der Waals surface area (Å²) in [6.45, 7) is 3.13. The van der Waals surface area contributed by atoms with Crippen molar-refractivity contribution in [3.8, 4) is 0 Å². The van der Waals surface area contributed by atoms with Crippen LogP contribution in [0.15, 0.2) is 24.3 Å². The molecule has 1 heterocycles. The van der Waals surface area contributed by atoms with Gasteiger partial charge in [0.05, 0.1) is 0 Å². The number of halogens is 1. The summed E-state index contributed by atoms with van der Waals surface area (Å²) < 4.78 is 0. The van der Waals surface area contributed by atoms with Gasteiger partial charge >= 0.3 is 0 Å². The molecule has 1 aliphatic rings. The quantitative estimate of drug-likeness (QED) is 0.803. The maximum Gasteiger partial charge on any atom is 0.253 e. The van der Waals surface area contributed by atoms with Crippen LogP contribution in [-0.2, 0) is 11.3 Å². The number of benzene rings is 1. The van der Waals surface area contributed by atoms with E-state index >= 15 is 0 Å². The summed E-state index contributed by atoms with van der Waals surface area (Å²) in [5, 5.41) is 0. The highest BCUT2D eigenvalue weighted by molar-refractivity contribution is 6.18. The lowest BCUT2D eigenvalue weighted by atomic mass is 9.96. The predicted octanol–water partition coefficient (Wildman–Crippen LogP) is 1.69. The molecule has 0 aliphatic carbocycles. The first-order chi connectivity index (χ1) is 11.0. The summed E-state index contributed by atoms with van der Waals surface area (Å²) in [6, 6.07) is 7.70. The van der Waals surface area contributed by atoms with E-state index in [1.165, 1.54) is 5.56 Å². The van der Waals surface area contributed by atoms with Crippen molar-refractivity contribution in [1.82, 2.24) is 9.80 Å². The summed E-state index contributed by atoms with van der Waals surface area (Å²) in [4.78, 5) is 27.3. The average Bonchev–Trinajstić information content (AvgIpc) is 2.55. The third kappa shape index (κ3) is 4.94. The average molecular weight is 338 g/mol. The van der Waals surface area contributed by atoms with Crippen LogP contribution in [0.4, 0.5) is 0 Å². The normalized spacial score (nSPS) is 16.3. The van der Waals surface area contributed by atoms with E-state index in [1.54, 1.807) is 11.9 Å². The van der Waals surface area contributed by atoms with E-state index in [9.17, 15) is 9.59 Å². The van der Waals surface area contributed by atoms with Crippen LogP contribution in [0.1, 0.15) is 28.8 Å². The Labute approximate surface area is 142 Å². The van der Waals surface area contributed by atoms with Crippen LogP contribution in [0.2, 0.25) is 0 Å². The van der Waals surface area contributed by atoms with E-state index in [0.717, 1.165) is 32.5 Å². The van der Waals surface area contributed by atoms with Crippen LogP contribution in [0, 0.1) is 5.92 Å². The van der Waals surface area contributed by atoms with Crippen LogP contribution < -0.4 is 5.73 Å². The van der Waals surface area contributed by atoms with Crippen molar-refractivity contribution < 1.29 is 9.59 Å². The van der Waals surface area contributed by atoms with Gasteiger partial charge in [0.25, 0.3) is 5.91 Å². The molecule has 0 bridgehead atoms. The van der Waals surface area contributed by atoms with Gasteiger partial charge < -0.3 is 10.6 Å². The van der Waals surface area contributed by atoms with Crippen LogP contribution in [-0.4, -0.2) is 54.2 Å². The fourth-order valence-electron chi connectivity index (χ4n) is 2.84. The Balaban J connectivity index is 1.88. The van der Waals surface area contributed by atoms with Gasteiger partial charge in [0, 0.05) is 37.5 Å². The molecule has 0 saturated carbocycles. The number of nitrogens with two attached hydrogens (primary N) is 1. The van der Waals surface area contributed by atoms with E-state index in [2.05, 4.69) is 4.90 Å². The highest BCUT2D eigenvalue weighted by Gasteiger charge is 2.23. The fourth-order valence-corrected chi connectivity index (χ4v) is 3.09. The lowest BCUT2D eigenvalue weighted by Crippen LogP contribution is -2.38. The van der Waals surface area contributed by atoms with Gasteiger partial charge in [-0.25, -0.2) is 0 Å². The van der Waals surface area contributed by atoms with Gasteiger partial charge in [-0.1, -0.05) is 12.1 Å². The summed E-state index contributed by atoms with van der Waals surface area (Å²) in [6.07, 6.45) is 1.66. The monoisotopic (exact) mass is 337 g/mol. The molecule has 0 aromatic heterocycles. The van der Waals surface area contributed by atoms with E-state index in [1.807, 2.05) is 24.3 Å². The molecule has 2 amide bonds. The molecule has 2 rings (SSSR count).